The van der Waals surface area contributed by atoms with Gasteiger partial charge in [-0.1, -0.05) is 0 Å². The summed E-state index contributed by atoms with van der Waals surface area (Å²) in [4.78, 5) is 11.6. The van der Waals surface area contributed by atoms with Gasteiger partial charge >= 0.3 is 0 Å². The molecular weight excluding hydrogens is 230 g/mol. The Bertz CT molecular complexity index is 451. The summed E-state index contributed by atoms with van der Waals surface area (Å²) in [7, 11) is 0. The van der Waals surface area contributed by atoms with Crippen molar-refractivity contribution in [2.75, 3.05) is 18.5 Å². The minimum Gasteiger partial charge on any atom is -0.396 e. The number of benzene rings is 1. The highest BCUT2D eigenvalue weighted by atomic mass is 19.1. The predicted octanol–water partition coefficient (Wildman–Crippen LogP) is 0.930. The molecule has 0 bridgehead atoms. The first-order chi connectivity index (χ1) is 8.13. The van der Waals surface area contributed by atoms with Crippen LogP contribution in [0.5, 0.6) is 0 Å². The van der Waals surface area contributed by atoms with Gasteiger partial charge in [0.05, 0.1) is 5.69 Å². The fourth-order valence-corrected chi connectivity index (χ4v) is 1.84. The molecule has 0 saturated heterocycles. The van der Waals surface area contributed by atoms with Crippen molar-refractivity contribution in [1.82, 2.24) is 5.32 Å². The van der Waals surface area contributed by atoms with Gasteiger partial charge in [0, 0.05) is 18.2 Å². The van der Waals surface area contributed by atoms with Crippen molar-refractivity contribution in [3.05, 3.63) is 29.3 Å². The third-order valence-electron chi connectivity index (χ3n) is 2.59. The van der Waals surface area contributed by atoms with Crippen molar-refractivity contribution < 1.29 is 18.7 Å². The highest BCUT2D eigenvalue weighted by Gasteiger charge is 2.33. The topological polar surface area (TPSA) is 61.4 Å². The number of halogens is 2. The van der Waals surface area contributed by atoms with E-state index in [2.05, 4.69) is 10.6 Å². The van der Waals surface area contributed by atoms with Crippen LogP contribution in [0, 0.1) is 11.6 Å². The Labute approximate surface area is 96.6 Å². The zero-order valence-corrected chi connectivity index (χ0v) is 8.96. The number of aliphatic hydroxyl groups is 1. The van der Waals surface area contributed by atoms with Gasteiger partial charge in [-0.3, -0.25) is 4.79 Å². The summed E-state index contributed by atoms with van der Waals surface area (Å²) in [6, 6.07) is 1.02. The summed E-state index contributed by atoms with van der Waals surface area (Å²) in [5.74, 6) is -1.89. The maximum atomic E-state index is 13.6. The first-order valence-corrected chi connectivity index (χ1v) is 5.27. The molecular formula is C11H12F2N2O2. The van der Waals surface area contributed by atoms with Crippen LogP contribution in [0.25, 0.3) is 0 Å². The van der Waals surface area contributed by atoms with Gasteiger partial charge in [-0.2, -0.15) is 0 Å². The van der Waals surface area contributed by atoms with Crippen LogP contribution in [0.2, 0.25) is 0 Å². The average Bonchev–Trinajstić information content (AvgIpc) is 2.55. The van der Waals surface area contributed by atoms with Gasteiger partial charge in [-0.25, -0.2) is 8.78 Å². The molecule has 1 aliphatic rings. The molecule has 1 atom stereocenters. The lowest BCUT2D eigenvalue weighted by atomic mass is 10.1. The first kappa shape index (κ1) is 11.9. The second-order valence-electron chi connectivity index (χ2n) is 3.80. The van der Waals surface area contributed by atoms with E-state index in [0.29, 0.717) is 13.0 Å². The van der Waals surface area contributed by atoms with Crippen LogP contribution >= 0.6 is 0 Å². The van der Waals surface area contributed by atoms with Crippen LogP contribution in [0.3, 0.4) is 0 Å². The largest absolute Gasteiger partial charge is 0.396 e. The van der Waals surface area contributed by atoms with Crippen molar-refractivity contribution in [1.29, 1.82) is 0 Å². The van der Waals surface area contributed by atoms with E-state index in [4.69, 9.17) is 5.11 Å². The third-order valence-corrected chi connectivity index (χ3v) is 2.59. The summed E-state index contributed by atoms with van der Waals surface area (Å²) in [5.41, 5.74) is 0.295. The molecule has 17 heavy (non-hydrogen) atoms. The number of nitrogens with one attached hydrogen (secondary N) is 2. The van der Waals surface area contributed by atoms with Gasteiger partial charge in [-0.05, 0) is 19.0 Å². The maximum Gasteiger partial charge on any atom is 0.246 e. The predicted molar refractivity (Wildman–Crippen MR) is 57.4 cm³/mol. The summed E-state index contributed by atoms with van der Waals surface area (Å²) in [5, 5.41) is 13.9. The molecule has 1 aromatic rings. The number of amides is 1. The lowest BCUT2D eigenvalue weighted by Crippen LogP contribution is -2.29. The van der Waals surface area contributed by atoms with Crippen molar-refractivity contribution in [2.24, 2.45) is 0 Å². The molecule has 1 aliphatic heterocycles. The summed E-state index contributed by atoms with van der Waals surface area (Å²) < 4.78 is 26.5. The Balaban J connectivity index is 2.24. The van der Waals surface area contributed by atoms with Crippen LogP contribution < -0.4 is 10.6 Å². The number of hydrogen-bond donors (Lipinski definition) is 3. The quantitative estimate of drug-likeness (QED) is 0.688. The van der Waals surface area contributed by atoms with E-state index in [-0.39, 0.29) is 17.9 Å². The Kier molecular flexibility index (Phi) is 3.35. The van der Waals surface area contributed by atoms with Crippen molar-refractivity contribution in [2.45, 2.75) is 12.5 Å². The molecule has 4 nitrogen and oxygen atoms in total. The fraction of sp³-hybridized carbons (Fsp3) is 0.364. The molecule has 1 aromatic carbocycles. The molecule has 0 aliphatic carbocycles. The number of rotatable bonds is 4. The molecule has 92 valence electrons. The fourth-order valence-electron chi connectivity index (χ4n) is 1.84. The number of fused-ring (bicyclic) bond motifs is 1. The molecule has 0 radical (unpaired) electrons. The molecule has 6 heteroatoms. The number of carbonyl (C=O) groups excluding carboxylic acids is 1. The monoisotopic (exact) mass is 242 g/mol. The molecule has 1 heterocycles. The van der Waals surface area contributed by atoms with Crippen LogP contribution in [0.4, 0.5) is 14.5 Å². The summed E-state index contributed by atoms with van der Waals surface area (Å²) >= 11 is 0. The van der Waals surface area contributed by atoms with Crippen LogP contribution in [0.15, 0.2) is 12.1 Å². The number of anilines is 1. The molecule has 0 fully saturated rings. The lowest BCUT2D eigenvalue weighted by molar-refractivity contribution is -0.117. The zero-order valence-electron chi connectivity index (χ0n) is 8.96. The Morgan fingerprint density at radius 3 is 2.88 bits per heavy atom. The van der Waals surface area contributed by atoms with Gasteiger partial charge in [0.25, 0.3) is 0 Å². The van der Waals surface area contributed by atoms with E-state index in [1.54, 1.807) is 0 Å². The first-order valence-electron chi connectivity index (χ1n) is 5.27. The minimum atomic E-state index is -0.822. The van der Waals surface area contributed by atoms with Gasteiger partial charge < -0.3 is 15.7 Å². The number of aliphatic hydroxyl groups excluding tert-OH is 1. The third kappa shape index (κ3) is 2.27. The second-order valence-corrected chi connectivity index (χ2v) is 3.80. The normalized spacial score (nSPS) is 18.1. The van der Waals surface area contributed by atoms with E-state index in [0.717, 1.165) is 12.1 Å². The molecule has 0 saturated carbocycles. The Morgan fingerprint density at radius 2 is 2.18 bits per heavy atom. The Morgan fingerprint density at radius 1 is 1.41 bits per heavy atom. The van der Waals surface area contributed by atoms with Crippen LogP contribution in [-0.2, 0) is 4.79 Å². The average molecular weight is 242 g/mol. The van der Waals surface area contributed by atoms with E-state index >= 15 is 0 Å². The number of hydrogen-bond acceptors (Lipinski definition) is 3. The van der Waals surface area contributed by atoms with Crippen molar-refractivity contribution >= 4 is 11.6 Å². The van der Waals surface area contributed by atoms with Gasteiger partial charge in [0.1, 0.15) is 17.7 Å². The molecule has 0 spiro atoms. The van der Waals surface area contributed by atoms with Crippen LogP contribution in [-0.4, -0.2) is 24.2 Å². The molecule has 0 aromatic heterocycles. The van der Waals surface area contributed by atoms with E-state index in [9.17, 15) is 13.6 Å². The smallest absolute Gasteiger partial charge is 0.246 e. The minimum absolute atomic E-state index is 0.0138. The van der Waals surface area contributed by atoms with Gasteiger partial charge in [0.15, 0.2) is 0 Å². The number of carbonyl (C=O) groups is 1. The summed E-state index contributed by atoms with van der Waals surface area (Å²) in [6.07, 6.45) is 0.460. The van der Waals surface area contributed by atoms with E-state index < -0.39 is 23.6 Å². The highest BCUT2D eigenvalue weighted by Crippen LogP contribution is 2.33. The lowest BCUT2D eigenvalue weighted by Gasteiger charge is -2.11. The molecule has 1 unspecified atom stereocenters. The van der Waals surface area contributed by atoms with Crippen LogP contribution in [0.1, 0.15) is 18.0 Å². The summed E-state index contributed by atoms with van der Waals surface area (Å²) in [6.45, 7) is 0.366. The SMILES string of the molecule is O=C1Nc2cc(F)cc(F)c2C1NCCCO. The Hall–Kier alpha value is -1.53. The molecule has 3 N–H and O–H groups in total. The maximum absolute atomic E-state index is 13.6. The standard InChI is InChI=1S/C11H12F2N2O2/c12-6-4-7(13)9-8(5-6)15-11(17)10(9)14-2-1-3-16/h4-5,10,14,16H,1-3H2,(H,15,17). The molecule has 2 rings (SSSR count). The van der Waals surface area contributed by atoms with Crippen molar-refractivity contribution in [3.8, 4) is 0 Å². The molecule has 1 amide bonds. The highest BCUT2D eigenvalue weighted by molar-refractivity contribution is 6.02. The van der Waals surface area contributed by atoms with E-state index in [1.807, 2.05) is 0 Å². The zero-order chi connectivity index (χ0) is 12.4. The second kappa shape index (κ2) is 4.77. The van der Waals surface area contributed by atoms with Crippen molar-refractivity contribution in [3.63, 3.8) is 0 Å². The van der Waals surface area contributed by atoms with Gasteiger partial charge in [0.2, 0.25) is 5.91 Å². The van der Waals surface area contributed by atoms with Gasteiger partial charge in [-0.15, -0.1) is 0 Å². The van der Waals surface area contributed by atoms with E-state index in [1.165, 1.54) is 0 Å².